The van der Waals surface area contributed by atoms with E-state index >= 15 is 0 Å². The summed E-state index contributed by atoms with van der Waals surface area (Å²) < 4.78 is 1.12. The Balaban J connectivity index is 1.55. The molecule has 0 radical (unpaired) electrons. The third kappa shape index (κ3) is 4.67. The van der Waals surface area contributed by atoms with Crippen LogP contribution in [-0.4, -0.2) is 28.0 Å². The maximum atomic E-state index is 12.9. The van der Waals surface area contributed by atoms with Crippen LogP contribution in [0.3, 0.4) is 0 Å². The molecule has 2 heterocycles. The third-order valence-corrected chi connectivity index (χ3v) is 6.02. The zero-order valence-corrected chi connectivity index (χ0v) is 17.8. The van der Waals surface area contributed by atoms with Gasteiger partial charge in [0.25, 0.3) is 5.91 Å². The normalized spacial score (nSPS) is 18.9. The number of pyridine rings is 1. The largest absolute Gasteiger partial charge is 0.382 e. The number of carbonyl (C=O) groups excluding carboxylic acids is 1. The number of hydrogen-bond donors (Lipinski definition) is 3. The fourth-order valence-electron chi connectivity index (χ4n) is 3.82. The van der Waals surface area contributed by atoms with Gasteiger partial charge in [-0.2, -0.15) is 0 Å². The van der Waals surface area contributed by atoms with Crippen LogP contribution in [0.4, 0.5) is 17.2 Å². The standard InChI is InChI=1S/C22H27N5OS/c1-13(2)25-19-10-21(26-16-6-7-18-20(9-16)29-12-24-18)23-11-17(19)22(28)27-15-5-4-14(3)8-15/h6-7,9-15H,4-5,8H2,1-3H3,(H,27,28)(H2,23,25,26)/t14-,15-/m0/s1. The Bertz CT molecular complexity index is 1020. The first kappa shape index (κ1) is 19.6. The van der Waals surface area contributed by atoms with E-state index in [1.807, 2.05) is 23.7 Å². The molecule has 0 bridgehead atoms. The summed E-state index contributed by atoms with van der Waals surface area (Å²) in [7, 11) is 0. The monoisotopic (exact) mass is 409 g/mol. The molecule has 4 rings (SSSR count). The number of anilines is 3. The maximum absolute atomic E-state index is 12.9. The number of fused-ring (bicyclic) bond motifs is 1. The predicted molar refractivity (Wildman–Crippen MR) is 120 cm³/mol. The number of thiazole rings is 1. The molecule has 0 aliphatic heterocycles. The summed E-state index contributed by atoms with van der Waals surface area (Å²) in [6, 6.07) is 8.41. The fourth-order valence-corrected chi connectivity index (χ4v) is 4.53. The topological polar surface area (TPSA) is 78.9 Å². The molecule has 0 saturated heterocycles. The van der Waals surface area contributed by atoms with Crippen molar-refractivity contribution in [2.24, 2.45) is 5.92 Å². The van der Waals surface area contributed by atoms with Crippen molar-refractivity contribution < 1.29 is 4.79 Å². The molecule has 3 aromatic rings. The number of rotatable bonds is 6. The lowest BCUT2D eigenvalue weighted by Crippen LogP contribution is -2.33. The third-order valence-electron chi connectivity index (χ3n) is 5.23. The molecule has 7 heteroatoms. The average Bonchev–Trinajstić information content (AvgIpc) is 3.29. The number of aromatic nitrogens is 2. The molecule has 1 fully saturated rings. The van der Waals surface area contributed by atoms with Crippen LogP contribution in [0.25, 0.3) is 10.2 Å². The average molecular weight is 410 g/mol. The van der Waals surface area contributed by atoms with Gasteiger partial charge in [-0.1, -0.05) is 6.92 Å². The van der Waals surface area contributed by atoms with E-state index in [1.54, 1.807) is 17.5 Å². The van der Waals surface area contributed by atoms with E-state index in [0.29, 0.717) is 17.3 Å². The highest BCUT2D eigenvalue weighted by Crippen LogP contribution is 2.28. The number of amides is 1. The number of hydrogen-bond acceptors (Lipinski definition) is 6. The van der Waals surface area contributed by atoms with Gasteiger partial charge in [-0.3, -0.25) is 4.79 Å². The number of nitrogens with one attached hydrogen (secondary N) is 3. The number of carbonyl (C=O) groups is 1. The van der Waals surface area contributed by atoms with Crippen molar-refractivity contribution in [1.82, 2.24) is 15.3 Å². The summed E-state index contributed by atoms with van der Waals surface area (Å²) >= 11 is 1.61. The van der Waals surface area contributed by atoms with Crippen LogP contribution in [0.5, 0.6) is 0 Å². The van der Waals surface area contributed by atoms with E-state index in [2.05, 4.69) is 52.8 Å². The van der Waals surface area contributed by atoms with Crippen molar-refractivity contribution in [2.45, 2.75) is 52.1 Å². The van der Waals surface area contributed by atoms with Crippen LogP contribution >= 0.6 is 11.3 Å². The van der Waals surface area contributed by atoms with Crippen LogP contribution in [0.2, 0.25) is 0 Å². The van der Waals surface area contributed by atoms with Gasteiger partial charge < -0.3 is 16.0 Å². The van der Waals surface area contributed by atoms with Gasteiger partial charge in [0.1, 0.15) is 5.82 Å². The molecular formula is C22H27N5OS. The molecular weight excluding hydrogens is 382 g/mol. The first-order valence-corrected chi connectivity index (χ1v) is 11.0. The summed E-state index contributed by atoms with van der Waals surface area (Å²) in [4.78, 5) is 21.7. The van der Waals surface area contributed by atoms with Crippen molar-refractivity contribution in [2.75, 3.05) is 10.6 Å². The Morgan fingerprint density at radius 1 is 1.21 bits per heavy atom. The summed E-state index contributed by atoms with van der Waals surface area (Å²) in [5, 5.41) is 9.91. The molecule has 2 aromatic heterocycles. The van der Waals surface area contributed by atoms with Gasteiger partial charge in [-0.15, -0.1) is 11.3 Å². The highest BCUT2D eigenvalue weighted by atomic mass is 32.1. The SMILES string of the molecule is CC(C)Nc1cc(Nc2ccc3ncsc3c2)ncc1C(=O)N[C@H]1CC[C@H](C)C1. The van der Waals surface area contributed by atoms with Crippen molar-refractivity contribution in [3.63, 3.8) is 0 Å². The van der Waals surface area contributed by atoms with E-state index in [-0.39, 0.29) is 18.0 Å². The lowest BCUT2D eigenvalue weighted by atomic mass is 10.1. The maximum Gasteiger partial charge on any atom is 0.255 e. The Morgan fingerprint density at radius 2 is 2.07 bits per heavy atom. The van der Waals surface area contributed by atoms with E-state index in [0.717, 1.165) is 34.4 Å². The second kappa shape index (κ2) is 8.37. The number of benzene rings is 1. The first-order chi connectivity index (χ1) is 14.0. The van der Waals surface area contributed by atoms with E-state index in [4.69, 9.17) is 0 Å². The minimum absolute atomic E-state index is 0.0580. The number of nitrogens with zero attached hydrogens (tertiary/aromatic N) is 2. The lowest BCUT2D eigenvalue weighted by molar-refractivity contribution is 0.0938. The summed E-state index contributed by atoms with van der Waals surface area (Å²) in [6.07, 6.45) is 4.93. The Hall–Kier alpha value is -2.67. The zero-order valence-electron chi connectivity index (χ0n) is 17.0. The van der Waals surface area contributed by atoms with Gasteiger partial charge in [0.05, 0.1) is 27.0 Å². The first-order valence-electron chi connectivity index (χ1n) is 10.2. The second-order valence-electron chi connectivity index (χ2n) is 8.16. The smallest absolute Gasteiger partial charge is 0.255 e. The van der Waals surface area contributed by atoms with E-state index < -0.39 is 0 Å². The van der Waals surface area contributed by atoms with Gasteiger partial charge in [-0.25, -0.2) is 9.97 Å². The Labute approximate surface area is 175 Å². The molecule has 1 saturated carbocycles. The lowest BCUT2D eigenvalue weighted by Gasteiger charge is -2.18. The van der Waals surface area contributed by atoms with E-state index in [1.165, 1.54) is 6.42 Å². The van der Waals surface area contributed by atoms with Crippen molar-refractivity contribution >= 4 is 44.7 Å². The Morgan fingerprint density at radius 3 is 2.83 bits per heavy atom. The highest BCUT2D eigenvalue weighted by Gasteiger charge is 2.24. The van der Waals surface area contributed by atoms with Gasteiger partial charge >= 0.3 is 0 Å². The van der Waals surface area contributed by atoms with E-state index in [9.17, 15) is 4.79 Å². The van der Waals surface area contributed by atoms with Crippen molar-refractivity contribution in [3.8, 4) is 0 Å². The molecule has 3 N–H and O–H groups in total. The molecule has 29 heavy (non-hydrogen) atoms. The second-order valence-corrected chi connectivity index (χ2v) is 9.05. The van der Waals surface area contributed by atoms with Gasteiger partial charge in [0.2, 0.25) is 0 Å². The summed E-state index contributed by atoms with van der Waals surface area (Å²) in [5.74, 6) is 1.31. The van der Waals surface area contributed by atoms with Crippen molar-refractivity contribution in [1.29, 1.82) is 0 Å². The molecule has 1 aromatic carbocycles. The molecule has 152 valence electrons. The quantitative estimate of drug-likeness (QED) is 0.523. The minimum atomic E-state index is -0.0580. The van der Waals surface area contributed by atoms with Crippen LogP contribution in [0, 0.1) is 5.92 Å². The minimum Gasteiger partial charge on any atom is -0.382 e. The molecule has 1 aliphatic carbocycles. The zero-order chi connectivity index (χ0) is 20.4. The molecule has 2 atom stereocenters. The molecule has 0 unspecified atom stereocenters. The van der Waals surface area contributed by atoms with Gasteiger partial charge in [0.15, 0.2) is 0 Å². The van der Waals surface area contributed by atoms with Crippen LogP contribution in [-0.2, 0) is 0 Å². The van der Waals surface area contributed by atoms with Crippen molar-refractivity contribution in [3.05, 3.63) is 41.5 Å². The van der Waals surface area contributed by atoms with Crippen LogP contribution < -0.4 is 16.0 Å². The van der Waals surface area contributed by atoms with Gasteiger partial charge in [-0.05, 0) is 57.2 Å². The molecule has 1 aliphatic rings. The van der Waals surface area contributed by atoms with Gasteiger partial charge in [0, 0.05) is 30.0 Å². The summed E-state index contributed by atoms with van der Waals surface area (Å²) in [6.45, 7) is 6.36. The Kier molecular flexibility index (Phi) is 5.67. The van der Waals surface area contributed by atoms with Crippen LogP contribution in [0.1, 0.15) is 50.4 Å². The molecule has 0 spiro atoms. The summed E-state index contributed by atoms with van der Waals surface area (Å²) in [5.41, 5.74) is 5.16. The fraction of sp³-hybridized carbons (Fsp3) is 0.409. The molecule has 6 nitrogen and oxygen atoms in total. The van der Waals surface area contributed by atoms with Crippen LogP contribution in [0.15, 0.2) is 36.0 Å². The predicted octanol–water partition coefficient (Wildman–Crippen LogP) is 5.17. The molecule has 1 amide bonds. The highest BCUT2D eigenvalue weighted by molar-refractivity contribution is 7.16.